The van der Waals surface area contributed by atoms with E-state index in [9.17, 15) is 4.79 Å². The highest BCUT2D eigenvalue weighted by atomic mass is 35.5. The molecule has 14 heavy (non-hydrogen) atoms. The average Bonchev–Trinajstić information content (AvgIpc) is 2.21. The standard InChI is InChI=1S/C10H9ClN2O/c1-8(5-11)7-13-4-2-3-9(6-12)10(13)14/h2-4H,1,5,7H2. The molecule has 1 heterocycles. The molecule has 0 aromatic carbocycles. The van der Waals surface area contributed by atoms with Gasteiger partial charge >= 0.3 is 0 Å². The van der Waals surface area contributed by atoms with Gasteiger partial charge < -0.3 is 4.57 Å². The molecule has 0 radical (unpaired) electrons. The van der Waals surface area contributed by atoms with Gasteiger partial charge in [0.2, 0.25) is 0 Å². The summed E-state index contributed by atoms with van der Waals surface area (Å²) in [6.07, 6.45) is 1.61. The predicted octanol–water partition coefficient (Wildman–Crippen LogP) is 1.51. The van der Waals surface area contributed by atoms with Crippen LogP contribution in [0.3, 0.4) is 0 Å². The van der Waals surface area contributed by atoms with Crippen molar-refractivity contribution in [1.29, 1.82) is 5.26 Å². The normalized spacial score (nSPS) is 9.43. The van der Waals surface area contributed by atoms with Crippen molar-refractivity contribution in [2.24, 2.45) is 0 Å². The molecule has 0 saturated carbocycles. The first-order chi connectivity index (χ1) is 6.69. The monoisotopic (exact) mass is 208 g/mol. The summed E-state index contributed by atoms with van der Waals surface area (Å²) in [6, 6.07) is 4.97. The second-order valence-corrected chi connectivity index (χ2v) is 3.12. The van der Waals surface area contributed by atoms with E-state index in [1.807, 2.05) is 6.07 Å². The van der Waals surface area contributed by atoms with Crippen LogP contribution >= 0.6 is 11.6 Å². The highest BCUT2D eigenvalue weighted by molar-refractivity contribution is 6.19. The number of halogens is 1. The Labute approximate surface area is 86.9 Å². The van der Waals surface area contributed by atoms with Crippen molar-refractivity contribution in [3.8, 4) is 6.07 Å². The summed E-state index contributed by atoms with van der Waals surface area (Å²) in [6.45, 7) is 4.05. The Bertz CT molecular complexity index is 442. The smallest absolute Gasteiger partial charge is 0.268 e. The van der Waals surface area contributed by atoms with Gasteiger partial charge in [-0.15, -0.1) is 11.6 Å². The Balaban J connectivity index is 3.06. The number of pyridine rings is 1. The number of hydrogen-bond donors (Lipinski definition) is 0. The van der Waals surface area contributed by atoms with Crippen molar-refractivity contribution in [1.82, 2.24) is 4.57 Å². The minimum atomic E-state index is -0.304. The molecular formula is C10H9ClN2O. The summed E-state index contributed by atoms with van der Waals surface area (Å²) in [5.41, 5.74) is 0.569. The number of rotatable bonds is 3. The first-order valence-electron chi connectivity index (χ1n) is 4.01. The third-order valence-corrected chi connectivity index (χ3v) is 2.10. The molecule has 1 aromatic rings. The SMILES string of the molecule is C=C(CCl)Cn1cccc(C#N)c1=O. The fraction of sp³-hybridized carbons (Fsp3) is 0.200. The van der Waals surface area contributed by atoms with E-state index in [-0.39, 0.29) is 11.1 Å². The van der Waals surface area contributed by atoms with Crippen molar-refractivity contribution >= 4 is 11.6 Å². The van der Waals surface area contributed by atoms with Gasteiger partial charge in [0.15, 0.2) is 0 Å². The van der Waals surface area contributed by atoms with Crippen LogP contribution in [0.1, 0.15) is 5.56 Å². The summed E-state index contributed by atoms with van der Waals surface area (Å²) in [5, 5.41) is 8.62. The van der Waals surface area contributed by atoms with Gasteiger partial charge in [0.05, 0.1) is 0 Å². The minimum Gasteiger partial charge on any atom is -0.310 e. The molecular weight excluding hydrogens is 200 g/mol. The molecule has 72 valence electrons. The molecule has 0 aliphatic heterocycles. The molecule has 0 spiro atoms. The zero-order valence-corrected chi connectivity index (χ0v) is 8.29. The van der Waals surface area contributed by atoms with Gasteiger partial charge in [0, 0.05) is 18.6 Å². The van der Waals surface area contributed by atoms with Crippen molar-refractivity contribution < 1.29 is 0 Å². The van der Waals surface area contributed by atoms with E-state index in [1.165, 1.54) is 10.6 Å². The molecule has 0 unspecified atom stereocenters. The van der Waals surface area contributed by atoms with E-state index >= 15 is 0 Å². The summed E-state index contributed by atoms with van der Waals surface area (Å²) < 4.78 is 1.42. The van der Waals surface area contributed by atoms with E-state index < -0.39 is 0 Å². The molecule has 0 saturated heterocycles. The fourth-order valence-corrected chi connectivity index (χ4v) is 1.11. The first kappa shape index (κ1) is 10.6. The summed E-state index contributed by atoms with van der Waals surface area (Å²) in [7, 11) is 0. The van der Waals surface area contributed by atoms with Gasteiger partial charge in [-0.3, -0.25) is 4.79 Å². The Morgan fingerprint density at radius 2 is 2.43 bits per heavy atom. The number of nitrogens with zero attached hydrogens (tertiary/aromatic N) is 2. The van der Waals surface area contributed by atoms with Crippen molar-refractivity contribution in [3.63, 3.8) is 0 Å². The number of aromatic nitrogens is 1. The minimum absolute atomic E-state index is 0.134. The Morgan fingerprint density at radius 1 is 1.71 bits per heavy atom. The molecule has 0 aliphatic carbocycles. The number of allylic oxidation sites excluding steroid dienone is 1. The Kier molecular flexibility index (Phi) is 3.49. The molecule has 1 rings (SSSR count). The summed E-state index contributed by atoms with van der Waals surface area (Å²) in [4.78, 5) is 11.5. The van der Waals surface area contributed by atoms with Crippen LogP contribution in [0.25, 0.3) is 0 Å². The zero-order valence-electron chi connectivity index (χ0n) is 7.53. The summed E-state index contributed by atoms with van der Waals surface area (Å²) >= 11 is 5.55. The lowest BCUT2D eigenvalue weighted by atomic mass is 10.3. The van der Waals surface area contributed by atoms with Crippen LogP contribution in [0.15, 0.2) is 35.3 Å². The highest BCUT2D eigenvalue weighted by Gasteiger charge is 2.02. The molecule has 4 heteroatoms. The Morgan fingerprint density at radius 3 is 3.00 bits per heavy atom. The molecule has 0 aliphatic rings. The number of hydrogen-bond acceptors (Lipinski definition) is 2. The van der Waals surface area contributed by atoms with E-state index in [2.05, 4.69) is 6.58 Å². The average molecular weight is 209 g/mol. The van der Waals surface area contributed by atoms with Crippen LogP contribution < -0.4 is 5.56 Å². The maximum absolute atomic E-state index is 11.5. The topological polar surface area (TPSA) is 45.8 Å². The molecule has 1 aromatic heterocycles. The maximum Gasteiger partial charge on any atom is 0.268 e. The van der Waals surface area contributed by atoms with Gasteiger partial charge in [-0.05, 0) is 17.7 Å². The summed E-state index contributed by atoms with van der Waals surface area (Å²) in [5.74, 6) is 0.309. The lowest BCUT2D eigenvalue weighted by Crippen LogP contribution is -2.22. The first-order valence-corrected chi connectivity index (χ1v) is 4.54. The van der Waals surface area contributed by atoms with Crippen LogP contribution in [-0.2, 0) is 6.54 Å². The lowest BCUT2D eigenvalue weighted by molar-refractivity contribution is 0.747. The van der Waals surface area contributed by atoms with Crippen LogP contribution in [-0.4, -0.2) is 10.4 Å². The van der Waals surface area contributed by atoms with E-state index in [0.717, 1.165) is 5.57 Å². The Hall–Kier alpha value is -1.53. The van der Waals surface area contributed by atoms with Crippen molar-refractivity contribution in [2.75, 3.05) is 5.88 Å². The zero-order chi connectivity index (χ0) is 10.6. The molecule has 0 bridgehead atoms. The quantitative estimate of drug-likeness (QED) is 0.559. The molecule has 0 atom stereocenters. The largest absolute Gasteiger partial charge is 0.310 e. The second-order valence-electron chi connectivity index (χ2n) is 2.85. The molecule has 3 nitrogen and oxygen atoms in total. The third-order valence-electron chi connectivity index (χ3n) is 1.72. The van der Waals surface area contributed by atoms with Crippen molar-refractivity contribution in [3.05, 3.63) is 46.4 Å². The third kappa shape index (κ3) is 2.24. The fourth-order valence-electron chi connectivity index (χ4n) is 1.03. The van der Waals surface area contributed by atoms with E-state index in [1.54, 1.807) is 12.3 Å². The van der Waals surface area contributed by atoms with Gasteiger partial charge in [0.1, 0.15) is 11.6 Å². The second kappa shape index (κ2) is 4.64. The number of alkyl halides is 1. The molecule has 0 N–H and O–H groups in total. The van der Waals surface area contributed by atoms with Gasteiger partial charge in [0.25, 0.3) is 5.56 Å². The lowest BCUT2D eigenvalue weighted by Gasteiger charge is -2.05. The molecule has 0 amide bonds. The van der Waals surface area contributed by atoms with Crippen LogP contribution in [0, 0.1) is 11.3 Å². The van der Waals surface area contributed by atoms with Gasteiger partial charge in [-0.25, -0.2) is 0 Å². The van der Waals surface area contributed by atoms with Gasteiger partial charge in [-0.2, -0.15) is 5.26 Å². The van der Waals surface area contributed by atoms with E-state index in [0.29, 0.717) is 12.4 Å². The molecule has 0 fully saturated rings. The van der Waals surface area contributed by atoms with Crippen LogP contribution in [0.2, 0.25) is 0 Å². The number of nitriles is 1. The van der Waals surface area contributed by atoms with Crippen molar-refractivity contribution in [2.45, 2.75) is 6.54 Å². The maximum atomic E-state index is 11.5. The van der Waals surface area contributed by atoms with E-state index in [4.69, 9.17) is 16.9 Å². The predicted molar refractivity (Wildman–Crippen MR) is 55.3 cm³/mol. The highest BCUT2D eigenvalue weighted by Crippen LogP contribution is 1.98. The van der Waals surface area contributed by atoms with Gasteiger partial charge in [-0.1, -0.05) is 6.58 Å². The van der Waals surface area contributed by atoms with Crippen LogP contribution in [0.4, 0.5) is 0 Å². The van der Waals surface area contributed by atoms with Crippen LogP contribution in [0.5, 0.6) is 0 Å².